The van der Waals surface area contributed by atoms with Crippen molar-refractivity contribution in [3.05, 3.63) is 53.9 Å². The van der Waals surface area contributed by atoms with Crippen molar-refractivity contribution in [1.82, 2.24) is 15.1 Å². The van der Waals surface area contributed by atoms with Gasteiger partial charge in [0.2, 0.25) is 0 Å². The maximum Gasteiger partial charge on any atom is 0.274 e. The molecule has 3 rings (SSSR count). The SMILES string of the molecule is CCC1CN(c2ccccc2)CCN1C(=O)c1ccc(C)nn1. The zero-order valence-electron chi connectivity index (χ0n) is 13.6. The van der Waals surface area contributed by atoms with E-state index in [4.69, 9.17) is 0 Å². The molecule has 0 bridgehead atoms. The number of benzene rings is 1. The van der Waals surface area contributed by atoms with Gasteiger partial charge in [-0.1, -0.05) is 25.1 Å². The quantitative estimate of drug-likeness (QED) is 0.874. The molecule has 2 aromatic rings. The van der Waals surface area contributed by atoms with Crippen molar-refractivity contribution in [2.45, 2.75) is 26.3 Å². The molecule has 1 atom stereocenters. The monoisotopic (exact) mass is 310 g/mol. The number of aryl methyl sites for hydroxylation is 1. The third-order valence-corrected chi connectivity index (χ3v) is 4.35. The third-order valence-electron chi connectivity index (χ3n) is 4.35. The summed E-state index contributed by atoms with van der Waals surface area (Å²) in [5.74, 6) is -0.0166. The summed E-state index contributed by atoms with van der Waals surface area (Å²) in [6.45, 7) is 6.40. The summed E-state index contributed by atoms with van der Waals surface area (Å²) >= 11 is 0. The number of amides is 1. The van der Waals surface area contributed by atoms with Crippen LogP contribution < -0.4 is 4.90 Å². The van der Waals surface area contributed by atoms with Crippen LogP contribution in [-0.2, 0) is 0 Å². The molecule has 0 radical (unpaired) electrons. The zero-order valence-corrected chi connectivity index (χ0v) is 13.6. The highest BCUT2D eigenvalue weighted by molar-refractivity contribution is 5.92. The molecule has 5 nitrogen and oxygen atoms in total. The summed E-state index contributed by atoms with van der Waals surface area (Å²) in [6.07, 6.45) is 0.925. The molecule has 1 aromatic heterocycles. The second-order valence-corrected chi connectivity index (χ2v) is 5.90. The summed E-state index contributed by atoms with van der Waals surface area (Å²) in [7, 11) is 0. The highest BCUT2D eigenvalue weighted by atomic mass is 16.2. The Morgan fingerprint density at radius 3 is 2.57 bits per heavy atom. The maximum atomic E-state index is 12.7. The second kappa shape index (κ2) is 6.77. The molecule has 1 unspecified atom stereocenters. The number of piperazine rings is 1. The second-order valence-electron chi connectivity index (χ2n) is 5.90. The average Bonchev–Trinajstić information content (AvgIpc) is 2.62. The Bertz CT molecular complexity index is 656. The number of aromatic nitrogens is 2. The summed E-state index contributed by atoms with van der Waals surface area (Å²) < 4.78 is 0. The minimum Gasteiger partial charge on any atom is -0.368 e. The first-order chi connectivity index (χ1) is 11.2. The first-order valence-corrected chi connectivity index (χ1v) is 8.10. The van der Waals surface area contributed by atoms with Crippen LogP contribution in [0.15, 0.2) is 42.5 Å². The lowest BCUT2D eigenvalue weighted by Gasteiger charge is -2.42. The van der Waals surface area contributed by atoms with E-state index in [2.05, 4.69) is 46.3 Å². The number of nitrogens with zero attached hydrogens (tertiary/aromatic N) is 4. The van der Waals surface area contributed by atoms with Gasteiger partial charge in [-0.15, -0.1) is 5.10 Å². The normalized spacial score (nSPS) is 18.1. The molecule has 0 aliphatic carbocycles. The Balaban J connectivity index is 1.74. The Labute approximate surface area is 136 Å². The number of hydrogen-bond donors (Lipinski definition) is 0. The molecule has 23 heavy (non-hydrogen) atoms. The van der Waals surface area contributed by atoms with Crippen LogP contribution in [0, 0.1) is 6.92 Å². The fourth-order valence-electron chi connectivity index (χ4n) is 3.01. The van der Waals surface area contributed by atoms with E-state index in [9.17, 15) is 4.79 Å². The molecule has 2 heterocycles. The van der Waals surface area contributed by atoms with E-state index in [-0.39, 0.29) is 11.9 Å². The van der Waals surface area contributed by atoms with Gasteiger partial charge in [-0.05, 0) is 37.6 Å². The molecule has 1 aliphatic rings. The number of carbonyl (C=O) groups excluding carboxylic acids is 1. The summed E-state index contributed by atoms with van der Waals surface area (Å²) in [6, 6.07) is 14.2. The number of hydrogen-bond acceptors (Lipinski definition) is 4. The molecule has 1 aromatic carbocycles. The van der Waals surface area contributed by atoms with Gasteiger partial charge in [-0.25, -0.2) is 0 Å². The Kier molecular flexibility index (Phi) is 4.55. The highest BCUT2D eigenvalue weighted by Gasteiger charge is 2.30. The summed E-state index contributed by atoms with van der Waals surface area (Å²) in [5.41, 5.74) is 2.47. The Morgan fingerprint density at radius 1 is 1.13 bits per heavy atom. The molecule has 1 saturated heterocycles. The van der Waals surface area contributed by atoms with Crippen LogP contribution in [0.5, 0.6) is 0 Å². The van der Waals surface area contributed by atoms with Crippen LogP contribution in [0.2, 0.25) is 0 Å². The highest BCUT2D eigenvalue weighted by Crippen LogP contribution is 2.21. The third kappa shape index (κ3) is 3.33. The van der Waals surface area contributed by atoms with E-state index in [1.165, 1.54) is 5.69 Å². The Morgan fingerprint density at radius 2 is 1.91 bits per heavy atom. The molecule has 5 heteroatoms. The molecule has 0 N–H and O–H groups in total. The molecule has 1 aliphatic heterocycles. The number of rotatable bonds is 3. The van der Waals surface area contributed by atoms with Crippen molar-refractivity contribution in [3.63, 3.8) is 0 Å². The van der Waals surface area contributed by atoms with E-state index in [0.29, 0.717) is 12.2 Å². The largest absolute Gasteiger partial charge is 0.368 e. The minimum atomic E-state index is -0.0166. The fraction of sp³-hybridized carbons (Fsp3) is 0.389. The van der Waals surface area contributed by atoms with Gasteiger partial charge in [0.25, 0.3) is 5.91 Å². The zero-order chi connectivity index (χ0) is 16.2. The van der Waals surface area contributed by atoms with Gasteiger partial charge in [0.15, 0.2) is 5.69 Å². The fourth-order valence-corrected chi connectivity index (χ4v) is 3.01. The molecule has 0 spiro atoms. The van der Waals surface area contributed by atoms with Crippen molar-refractivity contribution in [3.8, 4) is 0 Å². The van der Waals surface area contributed by atoms with E-state index >= 15 is 0 Å². The number of carbonyl (C=O) groups is 1. The topological polar surface area (TPSA) is 49.3 Å². The van der Waals surface area contributed by atoms with Crippen LogP contribution in [0.1, 0.15) is 29.5 Å². The summed E-state index contributed by atoms with van der Waals surface area (Å²) in [4.78, 5) is 17.0. The Hall–Kier alpha value is -2.43. The van der Waals surface area contributed by atoms with Crippen LogP contribution >= 0.6 is 0 Å². The molecule has 1 amide bonds. The van der Waals surface area contributed by atoms with E-state index in [1.807, 2.05) is 24.0 Å². The van der Waals surface area contributed by atoms with Gasteiger partial charge in [0.05, 0.1) is 5.69 Å². The predicted octanol–water partition coefficient (Wildman–Crippen LogP) is 2.53. The molecule has 120 valence electrons. The molecule has 0 saturated carbocycles. The number of para-hydroxylation sites is 1. The number of anilines is 1. The predicted molar refractivity (Wildman–Crippen MR) is 90.5 cm³/mol. The molecule has 1 fully saturated rings. The lowest BCUT2D eigenvalue weighted by molar-refractivity contribution is 0.0644. The lowest BCUT2D eigenvalue weighted by Crippen LogP contribution is -2.55. The van der Waals surface area contributed by atoms with Crippen molar-refractivity contribution in [2.75, 3.05) is 24.5 Å². The first-order valence-electron chi connectivity index (χ1n) is 8.10. The van der Waals surface area contributed by atoms with Crippen LogP contribution in [0.3, 0.4) is 0 Å². The smallest absolute Gasteiger partial charge is 0.274 e. The van der Waals surface area contributed by atoms with Crippen LogP contribution in [-0.4, -0.2) is 46.7 Å². The van der Waals surface area contributed by atoms with Gasteiger partial charge >= 0.3 is 0 Å². The van der Waals surface area contributed by atoms with Crippen LogP contribution in [0.4, 0.5) is 5.69 Å². The van der Waals surface area contributed by atoms with Gasteiger partial charge in [0.1, 0.15) is 0 Å². The van der Waals surface area contributed by atoms with Gasteiger partial charge in [0, 0.05) is 31.4 Å². The average molecular weight is 310 g/mol. The van der Waals surface area contributed by atoms with Crippen LogP contribution in [0.25, 0.3) is 0 Å². The van der Waals surface area contributed by atoms with E-state index in [1.54, 1.807) is 6.07 Å². The summed E-state index contributed by atoms with van der Waals surface area (Å²) in [5, 5.41) is 8.05. The maximum absolute atomic E-state index is 12.7. The van der Waals surface area contributed by atoms with Crippen molar-refractivity contribution >= 4 is 11.6 Å². The van der Waals surface area contributed by atoms with Gasteiger partial charge in [-0.2, -0.15) is 5.10 Å². The molecular formula is C18H22N4O. The molecular weight excluding hydrogens is 288 g/mol. The van der Waals surface area contributed by atoms with E-state index < -0.39 is 0 Å². The van der Waals surface area contributed by atoms with Gasteiger partial charge in [-0.3, -0.25) is 4.79 Å². The van der Waals surface area contributed by atoms with Crippen molar-refractivity contribution < 1.29 is 4.79 Å². The van der Waals surface area contributed by atoms with E-state index in [0.717, 1.165) is 25.2 Å². The standard InChI is InChI=1S/C18H22N4O/c1-3-15-13-21(16-7-5-4-6-8-16)11-12-22(15)18(23)17-10-9-14(2)19-20-17/h4-10,15H,3,11-13H2,1-2H3. The van der Waals surface area contributed by atoms with Crippen molar-refractivity contribution in [2.24, 2.45) is 0 Å². The minimum absolute atomic E-state index is 0.0166. The van der Waals surface area contributed by atoms with Crippen molar-refractivity contribution in [1.29, 1.82) is 0 Å². The lowest BCUT2D eigenvalue weighted by atomic mass is 10.1. The van der Waals surface area contributed by atoms with Gasteiger partial charge < -0.3 is 9.80 Å². The first kappa shape index (κ1) is 15.5.